The molecular formula is C15H28N2O5. The fourth-order valence-corrected chi connectivity index (χ4v) is 1.55. The van der Waals surface area contributed by atoms with Gasteiger partial charge < -0.3 is 20.5 Å². The van der Waals surface area contributed by atoms with Gasteiger partial charge in [-0.3, -0.25) is 4.79 Å². The molecule has 0 saturated heterocycles. The normalized spacial score (nSPS) is 13.2. The van der Waals surface area contributed by atoms with Gasteiger partial charge in [0.1, 0.15) is 17.2 Å². The number of primary amides is 1. The maximum absolute atomic E-state index is 12.1. The Labute approximate surface area is 131 Å². The Morgan fingerprint density at radius 3 is 1.91 bits per heavy atom. The molecule has 0 heterocycles. The summed E-state index contributed by atoms with van der Waals surface area (Å²) in [5, 5.41) is 2.48. The molecule has 128 valence electrons. The lowest BCUT2D eigenvalue weighted by Gasteiger charge is -2.26. The second kappa shape index (κ2) is 8.00. The summed E-state index contributed by atoms with van der Waals surface area (Å²) in [4.78, 5) is 34.7. The van der Waals surface area contributed by atoms with Crippen LogP contribution in [0.5, 0.6) is 0 Å². The molecular weight excluding hydrogens is 288 g/mol. The number of carbonyl (C=O) groups excluding carboxylic acids is 3. The Morgan fingerprint density at radius 1 is 1.00 bits per heavy atom. The maximum Gasteiger partial charge on any atom is 0.408 e. The lowest BCUT2D eigenvalue weighted by atomic mass is 10.1. The molecule has 0 bridgehead atoms. The molecule has 0 aliphatic heterocycles. The Morgan fingerprint density at radius 2 is 1.50 bits per heavy atom. The van der Waals surface area contributed by atoms with Gasteiger partial charge in [-0.25, -0.2) is 9.59 Å². The summed E-state index contributed by atoms with van der Waals surface area (Å²) >= 11 is 0. The molecule has 0 aromatic carbocycles. The van der Waals surface area contributed by atoms with Gasteiger partial charge in [-0.1, -0.05) is 0 Å². The molecule has 7 nitrogen and oxygen atoms in total. The number of nitrogens with two attached hydrogens (primary N) is 1. The first kappa shape index (κ1) is 20.2. The standard InChI is InChI=1S/C15H28N2O5/c1-14(2,3)21-12(19)10(8-7-9-11(16)18)17-13(20)22-15(4,5)6/h10H,7-9H2,1-6H3,(H2,16,18)(H,17,20). The lowest BCUT2D eigenvalue weighted by molar-refractivity contribution is -0.157. The van der Waals surface area contributed by atoms with Crippen molar-refractivity contribution in [3.8, 4) is 0 Å². The predicted octanol–water partition coefficient (Wildman–Crippen LogP) is 1.88. The van der Waals surface area contributed by atoms with E-state index in [-0.39, 0.29) is 12.8 Å². The summed E-state index contributed by atoms with van der Waals surface area (Å²) in [6.07, 6.45) is 0.0453. The minimum atomic E-state index is -0.881. The van der Waals surface area contributed by atoms with Crippen molar-refractivity contribution in [3.63, 3.8) is 0 Å². The third-order valence-electron chi connectivity index (χ3n) is 2.30. The van der Waals surface area contributed by atoms with Crippen molar-refractivity contribution in [1.82, 2.24) is 5.32 Å². The molecule has 0 aromatic heterocycles. The monoisotopic (exact) mass is 316 g/mol. The summed E-state index contributed by atoms with van der Waals surface area (Å²) in [5.74, 6) is -1.02. The highest BCUT2D eigenvalue weighted by atomic mass is 16.6. The zero-order chi connectivity index (χ0) is 17.6. The van der Waals surface area contributed by atoms with E-state index in [0.717, 1.165) is 0 Å². The third kappa shape index (κ3) is 10.9. The number of hydrogen-bond donors (Lipinski definition) is 2. The molecule has 2 amide bonds. The number of esters is 1. The molecule has 0 aliphatic carbocycles. The van der Waals surface area contributed by atoms with Crippen molar-refractivity contribution in [3.05, 3.63) is 0 Å². The summed E-state index contributed by atoms with van der Waals surface area (Å²) in [5.41, 5.74) is 3.73. The van der Waals surface area contributed by atoms with Crippen LogP contribution in [-0.2, 0) is 19.1 Å². The van der Waals surface area contributed by atoms with Crippen LogP contribution in [-0.4, -0.2) is 35.2 Å². The second-order valence-electron chi connectivity index (χ2n) is 7.09. The highest BCUT2D eigenvalue weighted by molar-refractivity contribution is 5.81. The molecule has 0 fully saturated rings. The second-order valence-corrected chi connectivity index (χ2v) is 7.09. The number of carbonyl (C=O) groups is 3. The molecule has 7 heteroatoms. The number of amides is 2. The number of nitrogens with one attached hydrogen (secondary N) is 1. The van der Waals surface area contributed by atoms with Crippen molar-refractivity contribution in [2.45, 2.75) is 78.0 Å². The van der Waals surface area contributed by atoms with Gasteiger partial charge in [0.15, 0.2) is 0 Å². The predicted molar refractivity (Wildman–Crippen MR) is 82.0 cm³/mol. The Bertz CT molecular complexity index is 407. The van der Waals surface area contributed by atoms with Crippen molar-refractivity contribution in [2.24, 2.45) is 5.73 Å². The summed E-state index contributed by atoms with van der Waals surface area (Å²) in [7, 11) is 0. The first-order chi connectivity index (χ1) is 9.80. The Hall–Kier alpha value is -1.79. The molecule has 0 aliphatic rings. The van der Waals surface area contributed by atoms with Crippen molar-refractivity contribution in [2.75, 3.05) is 0 Å². The van der Waals surface area contributed by atoms with Crippen LogP contribution in [0.3, 0.4) is 0 Å². The van der Waals surface area contributed by atoms with E-state index in [4.69, 9.17) is 15.2 Å². The number of hydrogen-bond acceptors (Lipinski definition) is 5. The first-order valence-electron chi connectivity index (χ1n) is 7.31. The van der Waals surface area contributed by atoms with Gasteiger partial charge in [0.25, 0.3) is 0 Å². The van der Waals surface area contributed by atoms with Crippen LogP contribution in [0.4, 0.5) is 4.79 Å². The largest absolute Gasteiger partial charge is 0.458 e. The number of alkyl carbamates (subject to hydrolysis) is 1. The maximum atomic E-state index is 12.1. The summed E-state index contributed by atoms with van der Waals surface area (Å²) in [6.45, 7) is 10.4. The molecule has 0 radical (unpaired) electrons. The van der Waals surface area contributed by atoms with Crippen molar-refractivity contribution in [1.29, 1.82) is 0 Å². The van der Waals surface area contributed by atoms with Crippen LogP contribution in [0, 0.1) is 0 Å². The third-order valence-corrected chi connectivity index (χ3v) is 2.30. The minimum absolute atomic E-state index is 0.134. The van der Waals surface area contributed by atoms with Crippen LogP contribution < -0.4 is 11.1 Å². The minimum Gasteiger partial charge on any atom is -0.458 e. The molecule has 0 aromatic rings. The average molecular weight is 316 g/mol. The summed E-state index contributed by atoms with van der Waals surface area (Å²) < 4.78 is 10.4. The summed E-state index contributed by atoms with van der Waals surface area (Å²) in [6, 6.07) is -0.881. The topological polar surface area (TPSA) is 108 Å². The smallest absolute Gasteiger partial charge is 0.408 e. The fraction of sp³-hybridized carbons (Fsp3) is 0.800. The molecule has 3 N–H and O–H groups in total. The quantitative estimate of drug-likeness (QED) is 0.727. The van der Waals surface area contributed by atoms with Crippen LogP contribution in [0.2, 0.25) is 0 Å². The van der Waals surface area contributed by atoms with Gasteiger partial charge >= 0.3 is 12.1 Å². The average Bonchev–Trinajstić information content (AvgIpc) is 2.21. The van der Waals surface area contributed by atoms with Gasteiger partial charge in [0, 0.05) is 6.42 Å². The van der Waals surface area contributed by atoms with E-state index in [2.05, 4.69) is 5.32 Å². The molecule has 1 unspecified atom stereocenters. The number of rotatable bonds is 6. The van der Waals surface area contributed by atoms with Gasteiger partial charge in [-0.2, -0.15) is 0 Å². The van der Waals surface area contributed by atoms with E-state index in [1.165, 1.54) is 0 Å². The zero-order valence-electron chi connectivity index (χ0n) is 14.3. The van der Waals surface area contributed by atoms with E-state index in [1.807, 2.05) is 0 Å². The Balaban J connectivity index is 4.74. The first-order valence-corrected chi connectivity index (χ1v) is 7.31. The lowest BCUT2D eigenvalue weighted by Crippen LogP contribution is -2.46. The van der Waals surface area contributed by atoms with Gasteiger partial charge in [0.05, 0.1) is 0 Å². The van der Waals surface area contributed by atoms with Crippen LogP contribution in [0.25, 0.3) is 0 Å². The zero-order valence-corrected chi connectivity index (χ0v) is 14.3. The van der Waals surface area contributed by atoms with Crippen LogP contribution in [0.1, 0.15) is 60.8 Å². The van der Waals surface area contributed by atoms with E-state index >= 15 is 0 Å². The van der Waals surface area contributed by atoms with E-state index in [0.29, 0.717) is 6.42 Å². The molecule has 0 rings (SSSR count). The van der Waals surface area contributed by atoms with Gasteiger partial charge in [-0.05, 0) is 54.4 Å². The molecule has 22 heavy (non-hydrogen) atoms. The molecule has 0 spiro atoms. The van der Waals surface area contributed by atoms with Crippen LogP contribution >= 0.6 is 0 Å². The fourth-order valence-electron chi connectivity index (χ4n) is 1.55. The SMILES string of the molecule is CC(C)(C)OC(=O)NC(CCCC(N)=O)C(=O)OC(C)(C)C. The Kier molecular flexibility index (Phi) is 7.35. The van der Waals surface area contributed by atoms with E-state index < -0.39 is 35.2 Å². The van der Waals surface area contributed by atoms with Crippen LogP contribution in [0.15, 0.2) is 0 Å². The number of ether oxygens (including phenoxy) is 2. The van der Waals surface area contributed by atoms with E-state index in [9.17, 15) is 14.4 Å². The molecule has 0 saturated carbocycles. The molecule has 1 atom stereocenters. The van der Waals surface area contributed by atoms with Crippen molar-refractivity contribution < 1.29 is 23.9 Å². The van der Waals surface area contributed by atoms with E-state index in [1.54, 1.807) is 41.5 Å². The van der Waals surface area contributed by atoms with Gasteiger partial charge in [-0.15, -0.1) is 0 Å². The van der Waals surface area contributed by atoms with Gasteiger partial charge in [0.2, 0.25) is 5.91 Å². The highest BCUT2D eigenvalue weighted by Crippen LogP contribution is 2.13. The highest BCUT2D eigenvalue weighted by Gasteiger charge is 2.28. The van der Waals surface area contributed by atoms with Crippen molar-refractivity contribution >= 4 is 18.0 Å².